The van der Waals surface area contributed by atoms with Crippen molar-refractivity contribution in [2.45, 2.75) is 13.0 Å². The van der Waals surface area contributed by atoms with Gasteiger partial charge in [0.1, 0.15) is 18.5 Å². The lowest BCUT2D eigenvalue weighted by molar-refractivity contribution is -0.121. The Bertz CT molecular complexity index is 734. The van der Waals surface area contributed by atoms with E-state index in [1.54, 1.807) is 17.0 Å². The van der Waals surface area contributed by atoms with Crippen LogP contribution in [0, 0.1) is 6.92 Å². The molecule has 1 saturated heterocycles. The van der Waals surface area contributed by atoms with Crippen LogP contribution < -0.4 is 9.64 Å². The van der Waals surface area contributed by atoms with Gasteiger partial charge in [0.05, 0.1) is 6.54 Å². The number of aliphatic hydroxyl groups excluding tert-OH is 1. The number of ether oxygens (including phenoxy) is 1. The second-order valence-corrected chi connectivity index (χ2v) is 6.97. The molecule has 6 heteroatoms. The number of anilines is 1. The Morgan fingerprint density at radius 1 is 1.12 bits per heavy atom. The van der Waals surface area contributed by atoms with Crippen LogP contribution in [0.4, 0.5) is 5.69 Å². The Morgan fingerprint density at radius 2 is 1.81 bits per heavy atom. The number of benzene rings is 2. The number of carbonyl (C=O) groups is 1. The number of halogens is 1. The number of aryl methyl sites for hydroxylation is 1. The molecule has 0 aromatic heterocycles. The standard InChI is InChI=1S/C20H23ClN2O3/c1-15-2-8-19(9-3-15)26-14-18(24)12-22-10-11-23(20(25)13-22)17-6-4-16(21)5-7-17/h2-9,18,24H,10-14H2,1H3/t18-/m0/s1. The minimum atomic E-state index is -0.647. The zero-order valence-electron chi connectivity index (χ0n) is 14.8. The van der Waals surface area contributed by atoms with E-state index < -0.39 is 6.10 Å². The van der Waals surface area contributed by atoms with Gasteiger partial charge >= 0.3 is 0 Å². The predicted molar refractivity (Wildman–Crippen MR) is 103 cm³/mol. The van der Waals surface area contributed by atoms with Crippen molar-refractivity contribution >= 4 is 23.2 Å². The maximum absolute atomic E-state index is 12.4. The zero-order chi connectivity index (χ0) is 18.5. The van der Waals surface area contributed by atoms with Crippen molar-refractivity contribution in [2.24, 2.45) is 0 Å². The molecule has 0 aliphatic carbocycles. The molecule has 1 heterocycles. The van der Waals surface area contributed by atoms with Gasteiger partial charge in [-0.1, -0.05) is 29.3 Å². The number of carbonyl (C=O) groups excluding carboxylic acids is 1. The summed E-state index contributed by atoms with van der Waals surface area (Å²) in [6.07, 6.45) is -0.647. The smallest absolute Gasteiger partial charge is 0.241 e. The fraction of sp³-hybridized carbons (Fsp3) is 0.350. The molecule has 1 aliphatic rings. The molecule has 5 nitrogen and oxygen atoms in total. The van der Waals surface area contributed by atoms with Crippen LogP contribution in [0.3, 0.4) is 0 Å². The first-order valence-electron chi connectivity index (χ1n) is 8.67. The summed E-state index contributed by atoms with van der Waals surface area (Å²) in [5.74, 6) is 0.753. The topological polar surface area (TPSA) is 53.0 Å². The first-order valence-corrected chi connectivity index (χ1v) is 9.05. The third kappa shape index (κ3) is 4.97. The van der Waals surface area contributed by atoms with Gasteiger partial charge in [-0.25, -0.2) is 0 Å². The van der Waals surface area contributed by atoms with Crippen molar-refractivity contribution < 1.29 is 14.6 Å². The molecule has 2 aromatic carbocycles. The van der Waals surface area contributed by atoms with Crippen molar-refractivity contribution in [1.29, 1.82) is 0 Å². The molecule has 1 fully saturated rings. The van der Waals surface area contributed by atoms with Crippen molar-refractivity contribution in [2.75, 3.05) is 37.7 Å². The molecule has 2 aromatic rings. The Labute approximate surface area is 158 Å². The average Bonchev–Trinajstić information content (AvgIpc) is 2.62. The molecule has 1 atom stereocenters. The minimum absolute atomic E-state index is 0.0187. The first kappa shape index (κ1) is 18.7. The third-order valence-electron chi connectivity index (χ3n) is 4.37. The Balaban J connectivity index is 1.47. The van der Waals surface area contributed by atoms with Crippen molar-refractivity contribution in [3.63, 3.8) is 0 Å². The van der Waals surface area contributed by atoms with E-state index in [9.17, 15) is 9.90 Å². The van der Waals surface area contributed by atoms with Crippen molar-refractivity contribution in [3.8, 4) is 5.75 Å². The summed E-state index contributed by atoms with van der Waals surface area (Å²) in [7, 11) is 0. The lowest BCUT2D eigenvalue weighted by Gasteiger charge is -2.35. The lowest BCUT2D eigenvalue weighted by Crippen LogP contribution is -2.52. The minimum Gasteiger partial charge on any atom is -0.491 e. The first-order chi connectivity index (χ1) is 12.5. The molecule has 1 aliphatic heterocycles. The van der Waals surface area contributed by atoms with Crippen LogP contribution in [0.15, 0.2) is 48.5 Å². The van der Waals surface area contributed by atoms with Gasteiger partial charge < -0.3 is 14.7 Å². The molecule has 3 rings (SSSR count). The normalized spacial score (nSPS) is 16.6. The summed E-state index contributed by atoms with van der Waals surface area (Å²) in [6.45, 7) is 4.20. The van der Waals surface area contributed by atoms with Crippen LogP contribution in [0.2, 0.25) is 5.02 Å². The van der Waals surface area contributed by atoms with Crippen LogP contribution in [0.1, 0.15) is 5.56 Å². The van der Waals surface area contributed by atoms with Gasteiger partial charge in [-0.2, -0.15) is 0 Å². The molecule has 1 amide bonds. The molecule has 0 unspecified atom stereocenters. The van der Waals surface area contributed by atoms with Crippen LogP contribution in [0.25, 0.3) is 0 Å². The Hall–Kier alpha value is -2.08. The fourth-order valence-electron chi connectivity index (χ4n) is 2.95. The van der Waals surface area contributed by atoms with E-state index in [1.807, 2.05) is 48.2 Å². The summed E-state index contributed by atoms with van der Waals surface area (Å²) < 4.78 is 5.61. The van der Waals surface area contributed by atoms with Crippen LogP contribution in [-0.4, -0.2) is 54.8 Å². The third-order valence-corrected chi connectivity index (χ3v) is 4.62. The molecule has 0 bridgehead atoms. The lowest BCUT2D eigenvalue weighted by atomic mass is 10.2. The summed E-state index contributed by atoms with van der Waals surface area (Å²) >= 11 is 5.90. The number of hydrogen-bond acceptors (Lipinski definition) is 4. The summed E-state index contributed by atoms with van der Waals surface area (Å²) in [6, 6.07) is 15.0. The van der Waals surface area contributed by atoms with E-state index in [1.165, 1.54) is 0 Å². The van der Waals surface area contributed by atoms with E-state index >= 15 is 0 Å². The number of β-amino-alcohol motifs (C(OH)–C–C–N with tert-alkyl or cyclic N) is 1. The highest BCUT2D eigenvalue weighted by Crippen LogP contribution is 2.20. The summed E-state index contributed by atoms with van der Waals surface area (Å²) in [5.41, 5.74) is 2.01. The van der Waals surface area contributed by atoms with Gasteiger partial charge in [0.15, 0.2) is 0 Å². The van der Waals surface area contributed by atoms with Gasteiger partial charge in [0.2, 0.25) is 5.91 Å². The number of aliphatic hydroxyl groups is 1. The van der Waals surface area contributed by atoms with Gasteiger partial charge in [-0.3, -0.25) is 9.69 Å². The van der Waals surface area contributed by atoms with Gasteiger partial charge in [-0.05, 0) is 43.3 Å². The number of nitrogens with zero attached hydrogens (tertiary/aromatic N) is 2. The molecule has 26 heavy (non-hydrogen) atoms. The van der Waals surface area contributed by atoms with E-state index in [4.69, 9.17) is 16.3 Å². The Kier molecular flexibility index (Phi) is 6.14. The zero-order valence-corrected chi connectivity index (χ0v) is 15.5. The van der Waals surface area contributed by atoms with Crippen LogP contribution in [0.5, 0.6) is 5.75 Å². The average molecular weight is 375 g/mol. The molecule has 1 N–H and O–H groups in total. The second kappa shape index (κ2) is 8.54. The fourth-order valence-corrected chi connectivity index (χ4v) is 3.08. The molecular weight excluding hydrogens is 352 g/mol. The van der Waals surface area contributed by atoms with Crippen LogP contribution >= 0.6 is 11.6 Å². The monoisotopic (exact) mass is 374 g/mol. The highest BCUT2D eigenvalue weighted by molar-refractivity contribution is 6.30. The van der Waals surface area contributed by atoms with Crippen molar-refractivity contribution in [1.82, 2.24) is 4.90 Å². The Morgan fingerprint density at radius 3 is 2.46 bits per heavy atom. The van der Waals surface area contributed by atoms with E-state index in [2.05, 4.69) is 0 Å². The predicted octanol–water partition coefficient (Wildman–Crippen LogP) is 2.74. The highest BCUT2D eigenvalue weighted by Gasteiger charge is 2.26. The van der Waals surface area contributed by atoms with E-state index in [0.717, 1.165) is 17.0 Å². The molecule has 0 radical (unpaired) electrons. The summed E-state index contributed by atoms with van der Waals surface area (Å²) in [4.78, 5) is 16.1. The largest absolute Gasteiger partial charge is 0.491 e. The highest BCUT2D eigenvalue weighted by atomic mass is 35.5. The SMILES string of the molecule is Cc1ccc(OC[C@@H](O)CN2CCN(c3ccc(Cl)cc3)C(=O)C2)cc1. The second-order valence-electron chi connectivity index (χ2n) is 6.53. The summed E-state index contributed by atoms with van der Waals surface area (Å²) in [5, 5.41) is 10.9. The maximum Gasteiger partial charge on any atom is 0.241 e. The van der Waals surface area contributed by atoms with E-state index in [-0.39, 0.29) is 19.1 Å². The number of hydrogen-bond donors (Lipinski definition) is 1. The number of rotatable bonds is 6. The maximum atomic E-state index is 12.4. The molecule has 0 saturated carbocycles. The molecule has 0 spiro atoms. The van der Waals surface area contributed by atoms with Crippen LogP contribution in [-0.2, 0) is 4.79 Å². The quantitative estimate of drug-likeness (QED) is 0.844. The molecular formula is C20H23ClN2O3. The van der Waals surface area contributed by atoms with Gasteiger partial charge in [-0.15, -0.1) is 0 Å². The van der Waals surface area contributed by atoms with Crippen molar-refractivity contribution in [3.05, 3.63) is 59.1 Å². The van der Waals surface area contributed by atoms with Gasteiger partial charge in [0, 0.05) is 30.3 Å². The molecule has 138 valence electrons. The van der Waals surface area contributed by atoms with Gasteiger partial charge in [0.25, 0.3) is 0 Å². The van der Waals surface area contributed by atoms with E-state index in [0.29, 0.717) is 24.7 Å². The number of piperazine rings is 1. The number of amides is 1.